The molecule has 1 atom stereocenters. The Bertz CT molecular complexity index is 511. The van der Waals surface area contributed by atoms with Gasteiger partial charge in [0, 0.05) is 11.5 Å². The van der Waals surface area contributed by atoms with Crippen LogP contribution in [0.5, 0.6) is 0 Å². The van der Waals surface area contributed by atoms with Crippen molar-refractivity contribution in [2.45, 2.75) is 161 Å². The molecule has 2 nitrogen and oxygen atoms in total. The highest BCUT2D eigenvalue weighted by molar-refractivity contribution is 5.27. The molecule has 0 amide bonds. The normalized spacial score (nSPS) is 12.5. The summed E-state index contributed by atoms with van der Waals surface area (Å²) < 4.78 is 0. The van der Waals surface area contributed by atoms with Gasteiger partial charge >= 0.3 is 0 Å². The first-order valence-electron chi connectivity index (χ1n) is 14.5. The summed E-state index contributed by atoms with van der Waals surface area (Å²) >= 11 is 0. The Morgan fingerprint density at radius 3 is 1.30 bits per heavy atom. The molecule has 0 fully saturated rings. The second-order valence-corrected chi connectivity index (χ2v) is 10.3. The Kier molecular flexibility index (Phi) is 21.1. The van der Waals surface area contributed by atoms with Crippen LogP contribution in [-0.2, 0) is 5.41 Å². The molecule has 0 heterocycles. The van der Waals surface area contributed by atoms with Crippen LogP contribution in [0.3, 0.4) is 0 Å². The van der Waals surface area contributed by atoms with Crippen molar-refractivity contribution in [2.24, 2.45) is 5.73 Å². The lowest BCUT2D eigenvalue weighted by Gasteiger charge is -2.38. The molecule has 0 bridgehead atoms. The lowest BCUT2D eigenvalue weighted by molar-refractivity contribution is 0.297. The fraction of sp³-hybridized carbons (Fsp3) is 0.806. The summed E-state index contributed by atoms with van der Waals surface area (Å²) in [6.07, 6.45) is 27.7. The van der Waals surface area contributed by atoms with E-state index in [1.54, 1.807) is 0 Å². The lowest BCUT2D eigenvalue weighted by atomic mass is 9.69. The molecule has 1 rings (SSSR count). The molecule has 0 aliphatic carbocycles. The maximum atomic E-state index is 6.77. The average Bonchev–Trinajstić information content (AvgIpc) is 2.83. The Morgan fingerprint density at radius 1 is 0.576 bits per heavy atom. The third-order valence-corrected chi connectivity index (χ3v) is 7.94. The third-order valence-electron chi connectivity index (χ3n) is 7.94. The van der Waals surface area contributed by atoms with Gasteiger partial charge in [-0.25, -0.2) is 0 Å². The zero-order chi connectivity index (χ0) is 23.3. The molecule has 4 N–H and O–H groups in total. The zero-order valence-electron chi connectivity index (χ0n) is 22.7. The van der Waals surface area contributed by atoms with E-state index in [0.29, 0.717) is 0 Å². The minimum atomic E-state index is 0. The first kappa shape index (κ1) is 32.1. The van der Waals surface area contributed by atoms with Crippen molar-refractivity contribution < 1.29 is 5.48 Å². The summed E-state index contributed by atoms with van der Waals surface area (Å²) in [7, 11) is 0. The van der Waals surface area contributed by atoms with Gasteiger partial charge in [-0.15, -0.1) is 0 Å². The molecule has 0 radical (unpaired) electrons. The van der Waals surface area contributed by atoms with Gasteiger partial charge in [0.15, 0.2) is 0 Å². The van der Waals surface area contributed by atoms with Gasteiger partial charge in [0.05, 0.1) is 0 Å². The highest BCUT2D eigenvalue weighted by Gasteiger charge is 2.34. The van der Waals surface area contributed by atoms with Crippen LogP contribution >= 0.6 is 0 Å². The SMILES string of the molecule is CCCCCCCCCCCCCCCCCCCC(N)C(CC)(CC)c1ccccc1.O. The molecule has 194 valence electrons. The van der Waals surface area contributed by atoms with Crippen molar-refractivity contribution >= 4 is 0 Å². The van der Waals surface area contributed by atoms with Crippen LogP contribution in [0.25, 0.3) is 0 Å². The summed E-state index contributed by atoms with van der Waals surface area (Å²) in [6, 6.07) is 11.3. The van der Waals surface area contributed by atoms with Gasteiger partial charge in [0.25, 0.3) is 0 Å². The van der Waals surface area contributed by atoms with E-state index < -0.39 is 0 Å². The van der Waals surface area contributed by atoms with Crippen LogP contribution in [0.15, 0.2) is 30.3 Å². The predicted molar refractivity (Wildman–Crippen MR) is 149 cm³/mol. The molecule has 33 heavy (non-hydrogen) atoms. The van der Waals surface area contributed by atoms with Crippen molar-refractivity contribution in [1.29, 1.82) is 0 Å². The van der Waals surface area contributed by atoms with Crippen LogP contribution in [0.2, 0.25) is 0 Å². The van der Waals surface area contributed by atoms with E-state index >= 15 is 0 Å². The summed E-state index contributed by atoms with van der Waals surface area (Å²) in [6.45, 7) is 6.92. The maximum absolute atomic E-state index is 6.77. The van der Waals surface area contributed by atoms with Crippen LogP contribution in [0.4, 0.5) is 0 Å². The Balaban J connectivity index is 0.0000102. The van der Waals surface area contributed by atoms with E-state index in [2.05, 4.69) is 51.1 Å². The molecule has 0 saturated heterocycles. The Labute approximate surface area is 207 Å². The molecule has 1 aromatic rings. The van der Waals surface area contributed by atoms with E-state index in [1.165, 1.54) is 115 Å². The summed E-state index contributed by atoms with van der Waals surface area (Å²) in [5.41, 5.74) is 8.36. The number of hydrogen-bond donors (Lipinski definition) is 1. The fourth-order valence-corrected chi connectivity index (χ4v) is 5.53. The third kappa shape index (κ3) is 13.6. The minimum Gasteiger partial charge on any atom is -0.412 e. The summed E-state index contributed by atoms with van der Waals surface area (Å²) in [5.74, 6) is 0. The van der Waals surface area contributed by atoms with Crippen molar-refractivity contribution in [3.63, 3.8) is 0 Å². The van der Waals surface area contributed by atoms with Crippen LogP contribution < -0.4 is 5.73 Å². The predicted octanol–water partition coefficient (Wildman–Crippen LogP) is 9.29. The highest BCUT2D eigenvalue weighted by Crippen LogP contribution is 2.36. The number of unbranched alkanes of at least 4 members (excludes halogenated alkanes) is 16. The molecule has 2 heteroatoms. The van der Waals surface area contributed by atoms with Crippen LogP contribution in [0, 0.1) is 0 Å². The van der Waals surface area contributed by atoms with Gasteiger partial charge in [-0.05, 0) is 24.8 Å². The van der Waals surface area contributed by atoms with E-state index in [1.807, 2.05) is 0 Å². The standard InChI is InChI=1S/C31H57N.H2O/c1-4-7-8-9-10-11-12-13-14-15-16-17-18-19-20-21-25-28-30(32)31(5-2,6-3)29-26-23-22-24-27-29;/h22-24,26-27,30H,4-21,25,28,32H2,1-3H3;1H2. The molecule has 1 unspecified atom stereocenters. The van der Waals surface area contributed by atoms with Crippen LogP contribution in [-0.4, -0.2) is 11.5 Å². The minimum absolute atomic E-state index is 0. The molecule has 0 saturated carbocycles. The van der Waals surface area contributed by atoms with Gasteiger partial charge in [-0.1, -0.05) is 160 Å². The Hall–Kier alpha value is -0.860. The monoisotopic (exact) mass is 461 g/mol. The second-order valence-electron chi connectivity index (χ2n) is 10.3. The molecule has 0 aliphatic heterocycles. The van der Waals surface area contributed by atoms with Crippen molar-refractivity contribution in [3.8, 4) is 0 Å². The molecule has 0 aliphatic rings. The summed E-state index contributed by atoms with van der Waals surface area (Å²) in [5, 5.41) is 0. The van der Waals surface area contributed by atoms with Gasteiger partial charge in [-0.2, -0.15) is 0 Å². The van der Waals surface area contributed by atoms with Crippen molar-refractivity contribution in [2.75, 3.05) is 0 Å². The lowest BCUT2D eigenvalue weighted by Crippen LogP contribution is -2.44. The molecular weight excluding hydrogens is 402 g/mol. The van der Waals surface area contributed by atoms with E-state index in [9.17, 15) is 0 Å². The van der Waals surface area contributed by atoms with E-state index in [0.717, 1.165) is 19.3 Å². The molecular formula is C31H59NO. The fourth-order valence-electron chi connectivity index (χ4n) is 5.53. The summed E-state index contributed by atoms with van der Waals surface area (Å²) in [4.78, 5) is 0. The quantitative estimate of drug-likeness (QED) is 0.172. The maximum Gasteiger partial charge on any atom is 0.0136 e. The topological polar surface area (TPSA) is 57.5 Å². The zero-order valence-corrected chi connectivity index (χ0v) is 22.7. The van der Waals surface area contributed by atoms with Gasteiger partial charge < -0.3 is 11.2 Å². The number of nitrogens with two attached hydrogens (primary N) is 1. The second kappa shape index (κ2) is 21.7. The number of rotatable bonds is 22. The van der Waals surface area contributed by atoms with Gasteiger partial charge in [0.2, 0.25) is 0 Å². The van der Waals surface area contributed by atoms with Crippen molar-refractivity contribution in [3.05, 3.63) is 35.9 Å². The first-order chi connectivity index (χ1) is 15.7. The van der Waals surface area contributed by atoms with E-state index in [-0.39, 0.29) is 16.9 Å². The average molecular weight is 462 g/mol. The number of benzene rings is 1. The van der Waals surface area contributed by atoms with E-state index in [4.69, 9.17) is 5.73 Å². The van der Waals surface area contributed by atoms with Crippen molar-refractivity contribution in [1.82, 2.24) is 0 Å². The highest BCUT2D eigenvalue weighted by atomic mass is 16.0. The van der Waals surface area contributed by atoms with Gasteiger partial charge in [0.1, 0.15) is 0 Å². The Morgan fingerprint density at radius 2 is 0.939 bits per heavy atom. The first-order valence-corrected chi connectivity index (χ1v) is 14.5. The largest absolute Gasteiger partial charge is 0.412 e. The smallest absolute Gasteiger partial charge is 0.0136 e. The number of hydrogen-bond acceptors (Lipinski definition) is 1. The molecule has 0 spiro atoms. The molecule has 0 aromatic heterocycles. The molecule has 1 aromatic carbocycles. The van der Waals surface area contributed by atoms with Gasteiger partial charge in [-0.3, -0.25) is 0 Å². The van der Waals surface area contributed by atoms with Crippen LogP contribution in [0.1, 0.15) is 155 Å².